The summed E-state index contributed by atoms with van der Waals surface area (Å²) in [5, 5.41) is 7.77. The molecule has 0 saturated heterocycles. The highest BCUT2D eigenvalue weighted by Crippen LogP contribution is 2.16. The minimum absolute atomic E-state index is 0.288. The van der Waals surface area contributed by atoms with Gasteiger partial charge in [0.15, 0.2) is 0 Å². The fourth-order valence-electron chi connectivity index (χ4n) is 3.01. The number of unbranched alkanes of at least 4 members (excludes halogenated alkanes) is 1. The van der Waals surface area contributed by atoms with Crippen LogP contribution < -0.4 is 4.74 Å². The summed E-state index contributed by atoms with van der Waals surface area (Å²) < 4.78 is 26.6. The van der Waals surface area contributed by atoms with E-state index in [0.29, 0.717) is 17.1 Å². The Bertz CT molecular complexity index is 1110. The minimum atomic E-state index is -0.535. The Morgan fingerprint density at radius 2 is 1.97 bits per heavy atom. The van der Waals surface area contributed by atoms with E-state index in [1.54, 1.807) is 30.5 Å². The van der Waals surface area contributed by atoms with Gasteiger partial charge in [0.1, 0.15) is 24.3 Å². The first-order valence-corrected chi connectivity index (χ1v) is 10.0. The van der Waals surface area contributed by atoms with E-state index >= 15 is 0 Å². The van der Waals surface area contributed by atoms with Crippen LogP contribution in [-0.4, -0.2) is 25.0 Å². The number of benzene rings is 1. The fraction of sp³-hybridized carbons (Fsp3) is 0.217. The second-order valence-corrected chi connectivity index (χ2v) is 6.95. The standard InChI is InChI=1S/C23H22FN5O2/c24-23-19(5-3-12-25-23)8-11-22-27-20(17-31-22)16-30-21-9-6-18(7-10-21)4-1-2-14-29-15-13-26-28-29/h3,5-13,15,17H,1-2,4,14,16H2. The molecule has 0 aliphatic carbocycles. The first kappa shape index (κ1) is 20.5. The summed E-state index contributed by atoms with van der Waals surface area (Å²) >= 11 is 0. The summed E-state index contributed by atoms with van der Waals surface area (Å²) in [6.07, 6.45) is 12.8. The average Bonchev–Trinajstić information content (AvgIpc) is 3.48. The topological polar surface area (TPSA) is 78.9 Å². The number of ether oxygens (including phenoxy) is 1. The largest absolute Gasteiger partial charge is 0.487 e. The van der Waals surface area contributed by atoms with Crippen molar-refractivity contribution in [2.75, 3.05) is 0 Å². The van der Waals surface area contributed by atoms with Crippen LogP contribution in [-0.2, 0) is 19.6 Å². The smallest absolute Gasteiger partial charge is 0.220 e. The molecule has 0 fully saturated rings. The molecule has 4 rings (SSSR count). The molecule has 3 aromatic heterocycles. The van der Waals surface area contributed by atoms with Crippen molar-refractivity contribution in [3.63, 3.8) is 0 Å². The number of rotatable bonds is 10. The Balaban J connectivity index is 1.22. The lowest BCUT2D eigenvalue weighted by Gasteiger charge is -2.06. The van der Waals surface area contributed by atoms with Crippen LogP contribution >= 0.6 is 0 Å². The van der Waals surface area contributed by atoms with Crippen LogP contribution in [0, 0.1) is 5.95 Å². The Morgan fingerprint density at radius 1 is 1.06 bits per heavy atom. The molecule has 158 valence electrons. The number of pyridine rings is 1. The summed E-state index contributed by atoms with van der Waals surface area (Å²) in [5.74, 6) is 0.611. The zero-order chi connectivity index (χ0) is 21.3. The molecule has 0 saturated carbocycles. The molecule has 0 bridgehead atoms. The molecule has 0 amide bonds. The first-order valence-electron chi connectivity index (χ1n) is 10.0. The third-order valence-corrected chi connectivity index (χ3v) is 4.65. The van der Waals surface area contributed by atoms with Gasteiger partial charge in [-0.2, -0.15) is 4.39 Å². The Labute approximate surface area is 179 Å². The molecule has 0 aliphatic heterocycles. The van der Waals surface area contributed by atoms with Crippen molar-refractivity contribution in [2.24, 2.45) is 0 Å². The van der Waals surface area contributed by atoms with E-state index in [0.717, 1.165) is 31.6 Å². The maximum atomic E-state index is 13.5. The maximum absolute atomic E-state index is 13.5. The van der Waals surface area contributed by atoms with Crippen LogP contribution in [0.5, 0.6) is 5.75 Å². The third kappa shape index (κ3) is 6.08. The van der Waals surface area contributed by atoms with Gasteiger partial charge in [-0.1, -0.05) is 17.3 Å². The summed E-state index contributed by atoms with van der Waals surface area (Å²) in [4.78, 5) is 7.93. The van der Waals surface area contributed by atoms with E-state index in [-0.39, 0.29) is 6.61 Å². The van der Waals surface area contributed by atoms with Crippen LogP contribution in [0.1, 0.15) is 35.6 Å². The molecule has 0 atom stereocenters. The fourth-order valence-corrected chi connectivity index (χ4v) is 3.01. The van der Waals surface area contributed by atoms with Gasteiger partial charge in [0.2, 0.25) is 11.8 Å². The van der Waals surface area contributed by atoms with Crippen LogP contribution in [0.2, 0.25) is 0 Å². The van der Waals surface area contributed by atoms with Crippen LogP contribution in [0.4, 0.5) is 4.39 Å². The second-order valence-electron chi connectivity index (χ2n) is 6.95. The number of nitrogens with zero attached hydrogens (tertiary/aromatic N) is 5. The van der Waals surface area contributed by atoms with Gasteiger partial charge in [-0.25, -0.2) is 9.97 Å². The zero-order valence-corrected chi connectivity index (χ0v) is 16.9. The van der Waals surface area contributed by atoms with Gasteiger partial charge in [0.25, 0.3) is 0 Å². The number of hydrogen-bond acceptors (Lipinski definition) is 6. The summed E-state index contributed by atoms with van der Waals surface area (Å²) in [5.41, 5.74) is 2.29. The molecular weight excluding hydrogens is 397 g/mol. The lowest BCUT2D eigenvalue weighted by atomic mass is 10.1. The molecular formula is C23H22FN5O2. The third-order valence-electron chi connectivity index (χ3n) is 4.65. The molecule has 0 aliphatic rings. The molecule has 0 spiro atoms. The number of halogens is 1. The van der Waals surface area contributed by atoms with Crippen molar-refractivity contribution in [3.8, 4) is 5.75 Å². The van der Waals surface area contributed by atoms with Gasteiger partial charge in [-0.3, -0.25) is 4.68 Å². The molecule has 31 heavy (non-hydrogen) atoms. The highest BCUT2D eigenvalue weighted by atomic mass is 19.1. The number of aryl methyl sites for hydroxylation is 2. The highest BCUT2D eigenvalue weighted by Gasteiger charge is 2.04. The predicted molar refractivity (Wildman–Crippen MR) is 113 cm³/mol. The Morgan fingerprint density at radius 3 is 2.77 bits per heavy atom. The van der Waals surface area contributed by atoms with E-state index < -0.39 is 5.95 Å². The quantitative estimate of drug-likeness (QED) is 0.277. The molecule has 3 heterocycles. The molecule has 0 unspecified atom stereocenters. The van der Waals surface area contributed by atoms with Crippen molar-refractivity contribution in [1.82, 2.24) is 25.0 Å². The lowest BCUT2D eigenvalue weighted by molar-refractivity contribution is 0.301. The second kappa shape index (κ2) is 10.3. The van der Waals surface area contributed by atoms with Gasteiger partial charge >= 0.3 is 0 Å². The van der Waals surface area contributed by atoms with Gasteiger partial charge in [-0.15, -0.1) is 5.10 Å². The summed E-state index contributed by atoms with van der Waals surface area (Å²) in [6.45, 7) is 1.17. The number of oxazole rings is 1. The van der Waals surface area contributed by atoms with Gasteiger partial charge in [0.05, 0.1) is 6.20 Å². The molecule has 8 heteroatoms. The van der Waals surface area contributed by atoms with E-state index in [9.17, 15) is 4.39 Å². The van der Waals surface area contributed by atoms with Gasteiger partial charge in [-0.05, 0) is 55.2 Å². The summed E-state index contributed by atoms with van der Waals surface area (Å²) in [6, 6.07) is 11.4. The Hall–Kier alpha value is -3.81. The highest BCUT2D eigenvalue weighted by molar-refractivity contribution is 5.65. The van der Waals surface area contributed by atoms with E-state index in [2.05, 4.69) is 32.4 Å². The SMILES string of the molecule is Fc1ncccc1C=Cc1nc(COc2ccc(CCCCn3ccnn3)cc2)co1. The van der Waals surface area contributed by atoms with E-state index in [4.69, 9.17) is 9.15 Å². The summed E-state index contributed by atoms with van der Waals surface area (Å²) in [7, 11) is 0. The predicted octanol–water partition coefficient (Wildman–Crippen LogP) is 4.57. The minimum Gasteiger partial charge on any atom is -0.487 e. The normalized spacial score (nSPS) is 11.3. The lowest BCUT2D eigenvalue weighted by Crippen LogP contribution is -1.99. The van der Waals surface area contributed by atoms with Crippen LogP contribution in [0.25, 0.3) is 12.2 Å². The van der Waals surface area contributed by atoms with Gasteiger partial charge < -0.3 is 9.15 Å². The van der Waals surface area contributed by atoms with E-state index in [1.165, 1.54) is 18.0 Å². The first-order chi connectivity index (χ1) is 15.3. The van der Waals surface area contributed by atoms with Crippen LogP contribution in [0.15, 0.2) is 65.7 Å². The van der Waals surface area contributed by atoms with Crippen molar-refractivity contribution in [3.05, 3.63) is 89.9 Å². The van der Waals surface area contributed by atoms with E-state index in [1.807, 2.05) is 23.0 Å². The zero-order valence-electron chi connectivity index (χ0n) is 16.9. The Kier molecular flexibility index (Phi) is 6.79. The monoisotopic (exact) mass is 419 g/mol. The van der Waals surface area contributed by atoms with Crippen molar-refractivity contribution in [1.29, 1.82) is 0 Å². The van der Waals surface area contributed by atoms with Crippen molar-refractivity contribution >= 4 is 12.2 Å². The van der Waals surface area contributed by atoms with Crippen LogP contribution in [0.3, 0.4) is 0 Å². The molecule has 4 aromatic rings. The van der Waals surface area contributed by atoms with Crippen molar-refractivity contribution in [2.45, 2.75) is 32.4 Å². The molecule has 0 N–H and O–H groups in total. The number of hydrogen-bond donors (Lipinski definition) is 0. The average molecular weight is 419 g/mol. The van der Waals surface area contributed by atoms with Crippen molar-refractivity contribution < 1.29 is 13.5 Å². The van der Waals surface area contributed by atoms with Gasteiger partial charge in [0, 0.05) is 30.6 Å². The molecule has 1 aromatic carbocycles. The molecule has 0 radical (unpaired) electrons. The number of aromatic nitrogens is 5. The molecule has 7 nitrogen and oxygen atoms in total. The maximum Gasteiger partial charge on any atom is 0.220 e.